The second-order valence-electron chi connectivity index (χ2n) is 0.630. The summed E-state index contributed by atoms with van der Waals surface area (Å²) in [6.07, 6.45) is 0. The molecule has 0 N–H and O–H groups in total. The van der Waals surface area contributed by atoms with Crippen molar-refractivity contribution in [3.05, 3.63) is 0 Å². The molecule has 0 fully saturated rings. The van der Waals surface area contributed by atoms with E-state index in [1.165, 1.54) is 0 Å². The maximum absolute atomic E-state index is 9.25. The average Bonchev–Trinajstić information content (AvgIpc) is 1.35. The van der Waals surface area contributed by atoms with Gasteiger partial charge in [0.15, 0.2) is 0 Å². The van der Waals surface area contributed by atoms with Gasteiger partial charge in [-0.1, -0.05) is 0 Å². The SMILES string of the molecule is BOP(=O)([O-])[O-].[Ca+2]. The van der Waals surface area contributed by atoms with Crippen LogP contribution < -0.4 is 9.79 Å². The van der Waals surface area contributed by atoms with E-state index in [-0.39, 0.29) is 37.7 Å². The predicted molar refractivity (Wildman–Crippen MR) is 23.0 cm³/mol. The van der Waals surface area contributed by atoms with Crippen LogP contribution in [0.2, 0.25) is 0 Å². The van der Waals surface area contributed by atoms with Gasteiger partial charge in [0.25, 0.3) is 8.05 Å². The Morgan fingerprint density at radius 2 is 1.71 bits per heavy atom. The molecular weight excluding hydrogens is 146 g/mol. The summed E-state index contributed by atoms with van der Waals surface area (Å²) in [5.41, 5.74) is 0. The topological polar surface area (TPSA) is 72.4 Å². The summed E-state index contributed by atoms with van der Waals surface area (Å²) >= 11 is 0. The van der Waals surface area contributed by atoms with Gasteiger partial charge in [-0.05, 0) is 0 Å². The third-order valence-corrected chi connectivity index (χ3v) is 0.671. The summed E-state index contributed by atoms with van der Waals surface area (Å²) in [5, 5.41) is 0. The van der Waals surface area contributed by atoms with Gasteiger partial charge in [0, 0.05) is 7.82 Å². The van der Waals surface area contributed by atoms with Crippen molar-refractivity contribution in [2.24, 2.45) is 0 Å². The molecule has 0 aliphatic heterocycles. The number of hydrogen-bond acceptors (Lipinski definition) is 4. The van der Waals surface area contributed by atoms with E-state index >= 15 is 0 Å². The van der Waals surface area contributed by atoms with Crippen LogP contribution in [0, 0.1) is 0 Å². The van der Waals surface area contributed by atoms with Gasteiger partial charge in [0.2, 0.25) is 0 Å². The Labute approximate surface area is 71.9 Å². The summed E-state index contributed by atoms with van der Waals surface area (Å²) in [4.78, 5) is 18.5. The van der Waals surface area contributed by atoms with Crippen LogP contribution in [0.4, 0.5) is 0 Å². The number of phosphoric acid groups is 1. The Hall–Kier alpha value is 1.43. The Balaban J connectivity index is 0. The molecule has 4 nitrogen and oxygen atoms in total. The van der Waals surface area contributed by atoms with Gasteiger partial charge in [-0.15, -0.1) is 0 Å². The van der Waals surface area contributed by atoms with Gasteiger partial charge in [0.1, 0.15) is 0 Å². The standard InChI is InChI=1S/BH4O4P.Ca/c1-5-6(2,3)4;/h1H2,(H2,2,3,4);/q;+2/p-2. The first-order valence-electron chi connectivity index (χ1n) is 1.14. The summed E-state index contributed by atoms with van der Waals surface area (Å²) < 4.78 is 12.6. The molecule has 0 saturated heterocycles. The molecule has 0 amide bonds. The molecule has 0 rings (SSSR count). The van der Waals surface area contributed by atoms with Crippen molar-refractivity contribution in [2.45, 2.75) is 0 Å². The van der Waals surface area contributed by atoms with E-state index in [0.29, 0.717) is 0 Å². The van der Waals surface area contributed by atoms with Crippen LogP contribution in [0.5, 0.6) is 0 Å². The Kier molecular flexibility index (Phi) is 6.96. The van der Waals surface area contributed by atoms with E-state index in [2.05, 4.69) is 4.44 Å². The zero-order valence-electron chi connectivity index (χ0n) is 3.79. The first kappa shape index (κ1) is 11.3. The second-order valence-corrected chi connectivity index (χ2v) is 1.89. The zero-order valence-corrected chi connectivity index (χ0v) is 6.89. The largest absolute Gasteiger partial charge is 2.00 e. The fourth-order valence-corrected chi connectivity index (χ4v) is 0. The van der Waals surface area contributed by atoms with Crippen LogP contribution in [0.3, 0.4) is 0 Å². The number of hydrogen-bond donors (Lipinski definition) is 0. The molecule has 0 heterocycles. The van der Waals surface area contributed by atoms with Crippen LogP contribution >= 0.6 is 7.82 Å². The van der Waals surface area contributed by atoms with Gasteiger partial charge in [0.05, 0.1) is 0 Å². The minimum Gasteiger partial charge on any atom is -0.791 e. The van der Waals surface area contributed by atoms with Crippen LogP contribution in [-0.4, -0.2) is 45.8 Å². The molecule has 0 aromatic heterocycles. The Morgan fingerprint density at radius 3 is 1.71 bits per heavy atom. The van der Waals surface area contributed by atoms with Gasteiger partial charge >= 0.3 is 37.7 Å². The predicted octanol–water partition coefficient (Wildman–Crippen LogP) is -3.00. The summed E-state index contributed by atoms with van der Waals surface area (Å²) in [6.45, 7) is 0. The molecule has 0 aliphatic carbocycles. The van der Waals surface area contributed by atoms with Crippen LogP contribution in [0.1, 0.15) is 0 Å². The van der Waals surface area contributed by atoms with E-state index in [1.54, 1.807) is 0 Å². The monoisotopic (exact) mass is 148 g/mol. The second kappa shape index (κ2) is 4.33. The van der Waals surface area contributed by atoms with E-state index in [0.717, 1.165) is 8.05 Å². The van der Waals surface area contributed by atoms with E-state index in [9.17, 15) is 14.4 Å². The normalized spacial score (nSPS) is 10.0. The minimum atomic E-state index is -4.65. The van der Waals surface area contributed by atoms with Gasteiger partial charge < -0.3 is 18.8 Å². The Morgan fingerprint density at radius 1 is 1.57 bits per heavy atom. The molecule has 0 aromatic carbocycles. The molecule has 0 bridgehead atoms. The van der Waals surface area contributed by atoms with Gasteiger partial charge in [-0.3, -0.25) is 0 Å². The first-order chi connectivity index (χ1) is 2.56. The molecule has 0 radical (unpaired) electrons. The van der Waals surface area contributed by atoms with E-state index < -0.39 is 7.82 Å². The van der Waals surface area contributed by atoms with Crippen molar-refractivity contribution >= 4 is 53.6 Å². The molecule has 0 aromatic rings. The van der Waals surface area contributed by atoms with Crippen molar-refractivity contribution in [1.82, 2.24) is 0 Å². The van der Waals surface area contributed by atoms with Crippen LogP contribution in [0.15, 0.2) is 0 Å². The minimum absolute atomic E-state index is 0. The quantitative estimate of drug-likeness (QED) is 0.293. The third kappa shape index (κ3) is 11.2. The molecule has 0 spiro atoms. The fourth-order valence-electron chi connectivity index (χ4n) is 0. The van der Waals surface area contributed by atoms with Crippen molar-refractivity contribution in [3.63, 3.8) is 0 Å². The summed E-state index contributed by atoms with van der Waals surface area (Å²) in [6, 6.07) is 0. The summed E-state index contributed by atoms with van der Waals surface area (Å²) in [5.74, 6) is 0. The van der Waals surface area contributed by atoms with Crippen LogP contribution in [0.25, 0.3) is 0 Å². The third-order valence-electron chi connectivity index (χ3n) is 0.224. The smallest absolute Gasteiger partial charge is 0.791 e. The maximum atomic E-state index is 9.25. The van der Waals surface area contributed by atoms with Gasteiger partial charge in [-0.25, -0.2) is 0 Å². The fraction of sp³-hybridized carbons (Fsp3) is 0. The molecule has 7 heteroatoms. The zero-order chi connectivity index (χ0) is 5.21. The first-order valence-corrected chi connectivity index (χ1v) is 2.60. The number of rotatable bonds is 1. The molecular formula is H2BCaO4P. The maximum Gasteiger partial charge on any atom is 2.00 e. The summed E-state index contributed by atoms with van der Waals surface area (Å²) in [7, 11) is -3.83. The average molecular weight is 148 g/mol. The molecule has 0 unspecified atom stereocenters. The molecule has 36 valence electrons. The van der Waals surface area contributed by atoms with Crippen LogP contribution in [-0.2, 0) is 9.01 Å². The van der Waals surface area contributed by atoms with Gasteiger partial charge in [-0.2, -0.15) is 0 Å². The van der Waals surface area contributed by atoms with Crippen molar-refractivity contribution < 1.29 is 18.8 Å². The van der Waals surface area contributed by atoms with E-state index in [4.69, 9.17) is 0 Å². The molecule has 0 saturated carbocycles. The molecule has 0 aliphatic rings. The van der Waals surface area contributed by atoms with Crippen molar-refractivity contribution in [3.8, 4) is 0 Å². The molecule has 7 heavy (non-hydrogen) atoms. The van der Waals surface area contributed by atoms with E-state index in [1.807, 2.05) is 0 Å². The Bertz CT molecular complexity index is 75.8. The van der Waals surface area contributed by atoms with Crippen molar-refractivity contribution in [1.29, 1.82) is 0 Å². The van der Waals surface area contributed by atoms with Crippen molar-refractivity contribution in [2.75, 3.05) is 0 Å². The molecule has 0 atom stereocenters.